The molecule has 0 saturated carbocycles. The van der Waals surface area contributed by atoms with Gasteiger partial charge in [-0.3, -0.25) is 0 Å². The maximum absolute atomic E-state index is 16.0. The minimum absolute atomic E-state index is 0.134. The average molecular weight is 443 g/mol. The van der Waals surface area contributed by atoms with Crippen molar-refractivity contribution in [2.45, 2.75) is 118 Å². The predicted octanol–water partition coefficient (Wildman–Crippen LogP) is 9.31. The molecule has 2 rings (SSSR count). The molecule has 0 aliphatic carbocycles. The molecule has 2 heteroatoms. The summed E-state index contributed by atoms with van der Waals surface area (Å²) in [5.41, 5.74) is 3.73. The Morgan fingerprint density at radius 1 is 0.500 bits per heavy atom. The fourth-order valence-electron chi connectivity index (χ4n) is 4.05. The van der Waals surface area contributed by atoms with Gasteiger partial charge in [0.15, 0.2) is 0 Å². The Balaban J connectivity index is 2.89. The molecule has 2 aromatic rings. The van der Waals surface area contributed by atoms with Gasteiger partial charge in [-0.05, 0) is 55.0 Å². The van der Waals surface area contributed by atoms with Crippen molar-refractivity contribution in [1.82, 2.24) is 0 Å². The summed E-state index contributed by atoms with van der Waals surface area (Å²) in [6, 6.07) is 7.90. The maximum atomic E-state index is 16.0. The Hall–Kier alpha value is -1.70. The van der Waals surface area contributed by atoms with Gasteiger partial charge in [0.2, 0.25) is 0 Å². The minimum Gasteiger partial charge on any atom is -0.206 e. The summed E-state index contributed by atoms with van der Waals surface area (Å²) >= 11 is 0. The van der Waals surface area contributed by atoms with Crippen LogP contribution >= 0.6 is 0 Å². The van der Waals surface area contributed by atoms with Crippen LogP contribution in [0.25, 0.3) is 0 Å². The summed E-state index contributed by atoms with van der Waals surface area (Å²) in [5.74, 6) is -0.825. The van der Waals surface area contributed by atoms with Crippen LogP contribution < -0.4 is 0 Å². The largest absolute Gasteiger partial charge is 0.206 e. The van der Waals surface area contributed by atoms with E-state index in [1.54, 1.807) is 0 Å². The maximum Gasteiger partial charge on any atom is 0.130 e. The highest BCUT2D eigenvalue weighted by atomic mass is 19.1. The molecule has 0 fully saturated rings. The van der Waals surface area contributed by atoms with Crippen LogP contribution in [0.2, 0.25) is 0 Å². The smallest absolute Gasteiger partial charge is 0.130 e. The van der Waals surface area contributed by atoms with E-state index in [-0.39, 0.29) is 33.3 Å². The quantitative estimate of drug-likeness (QED) is 0.434. The molecular formula is C30H44F2. The third-order valence-electron chi connectivity index (χ3n) is 6.48. The molecule has 0 atom stereocenters. The van der Waals surface area contributed by atoms with E-state index in [4.69, 9.17) is 0 Å². The van der Waals surface area contributed by atoms with Crippen molar-refractivity contribution in [2.24, 2.45) is 0 Å². The van der Waals surface area contributed by atoms with Gasteiger partial charge in [0, 0.05) is 5.92 Å². The van der Waals surface area contributed by atoms with Crippen LogP contribution in [-0.4, -0.2) is 0 Å². The van der Waals surface area contributed by atoms with Crippen molar-refractivity contribution in [3.63, 3.8) is 0 Å². The Kier molecular flexibility index (Phi) is 6.85. The molecule has 0 spiro atoms. The van der Waals surface area contributed by atoms with Crippen LogP contribution in [0.1, 0.15) is 129 Å². The monoisotopic (exact) mass is 442 g/mol. The summed E-state index contributed by atoms with van der Waals surface area (Å²) in [4.78, 5) is 0. The van der Waals surface area contributed by atoms with Gasteiger partial charge in [0.25, 0.3) is 0 Å². The molecule has 0 aliphatic heterocycles. The highest BCUT2D eigenvalue weighted by Crippen LogP contribution is 2.41. The standard InChI is InChI=1S/C30H44F2/c1-18(21-14-19(27(2,3)4)16-23(25(21)31)29(8,9)10)22-15-20(28(5,6)7)17-24(26(22)32)30(11,12)13/h14-18H,1-13H3. The molecule has 0 saturated heterocycles. The second-order valence-electron chi connectivity index (χ2n) is 13.6. The van der Waals surface area contributed by atoms with E-state index in [1.807, 2.05) is 72.7 Å². The second kappa shape index (κ2) is 8.26. The zero-order chi connectivity index (χ0) is 25.0. The molecule has 0 nitrogen and oxygen atoms in total. The molecule has 0 aromatic heterocycles. The van der Waals surface area contributed by atoms with E-state index in [0.29, 0.717) is 22.3 Å². The van der Waals surface area contributed by atoms with Gasteiger partial charge < -0.3 is 0 Å². The van der Waals surface area contributed by atoms with E-state index in [2.05, 4.69) is 41.5 Å². The molecule has 178 valence electrons. The van der Waals surface area contributed by atoms with Gasteiger partial charge in [0.05, 0.1) is 0 Å². The van der Waals surface area contributed by atoms with Crippen molar-refractivity contribution in [3.8, 4) is 0 Å². The van der Waals surface area contributed by atoms with Gasteiger partial charge in [0.1, 0.15) is 11.6 Å². The second-order valence-corrected chi connectivity index (χ2v) is 13.6. The molecule has 0 radical (unpaired) electrons. The lowest BCUT2D eigenvalue weighted by Gasteiger charge is -2.31. The van der Waals surface area contributed by atoms with Gasteiger partial charge in [-0.25, -0.2) is 8.78 Å². The fourth-order valence-corrected chi connectivity index (χ4v) is 4.05. The van der Waals surface area contributed by atoms with Crippen LogP contribution in [0, 0.1) is 11.6 Å². The summed E-state index contributed by atoms with van der Waals surface area (Å²) in [5, 5.41) is 0. The van der Waals surface area contributed by atoms with Crippen LogP contribution in [0.3, 0.4) is 0 Å². The number of halogens is 2. The molecule has 0 N–H and O–H groups in total. The summed E-state index contributed by atoms with van der Waals surface area (Å²) in [6.07, 6.45) is 0. The van der Waals surface area contributed by atoms with Crippen molar-refractivity contribution in [3.05, 3.63) is 69.3 Å². The Morgan fingerprint density at radius 2 is 0.781 bits per heavy atom. The number of hydrogen-bond donors (Lipinski definition) is 0. The topological polar surface area (TPSA) is 0 Å². The van der Waals surface area contributed by atoms with Crippen LogP contribution in [0.15, 0.2) is 24.3 Å². The van der Waals surface area contributed by atoms with Crippen LogP contribution in [0.5, 0.6) is 0 Å². The molecule has 0 bridgehead atoms. The minimum atomic E-state index is -0.401. The molecular weight excluding hydrogens is 398 g/mol. The van der Waals surface area contributed by atoms with E-state index in [9.17, 15) is 0 Å². The molecule has 0 unspecified atom stereocenters. The van der Waals surface area contributed by atoms with E-state index in [0.717, 1.165) is 11.1 Å². The molecule has 2 aromatic carbocycles. The first-order chi connectivity index (χ1) is 14.2. The highest BCUT2D eigenvalue weighted by Gasteiger charge is 2.31. The zero-order valence-corrected chi connectivity index (χ0v) is 22.6. The third kappa shape index (κ3) is 5.43. The predicted molar refractivity (Wildman–Crippen MR) is 135 cm³/mol. The van der Waals surface area contributed by atoms with Gasteiger partial charge in [-0.1, -0.05) is 114 Å². The van der Waals surface area contributed by atoms with Crippen molar-refractivity contribution >= 4 is 0 Å². The third-order valence-corrected chi connectivity index (χ3v) is 6.48. The molecule has 0 heterocycles. The van der Waals surface area contributed by atoms with E-state index >= 15 is 8.78 Å². The first-order valence-electron chi connectivity index (χ1n) is 11.8. The SMILES string of the molecule is CC(c1cc(C(C)(C)C)cc(C(C)(C)C)c1F)c1cc(C(C)(C)C)cc(C(C)(C)C)c1F. The average Bonchev–Trinajstić information content (AvgIpc) is 2.57. The lowest BCUT2D eigenvalue weighted by Crippen LogP contribution is -2.22. The molecule has 0 aliphatic rings. The molecule has 0 amide bonds. The number of benzene rings is 2. The first-order valence-corrected chi connectivity index (χ1v) is 11.8. The van der Waals surface area contributed by atoms with Gasteiger partial charge >= 0.3 is 0 Å². The van der Waals surface area contributed by atoms with Crippen LogP contribution in [0.4, 0.5) is 8.78 Å². The first kappa shape index (κ1) is 26.6. The van der Waals surface area contributed by atoms with Crippen molar-refractivity contribution < 1.29 is 8.78 Å². The normalized spacial score (nSPS) is 13.8. The van der Waals surface area contributed by atoms with E-state index < -0.39 is 5.92 Å². The summed E-state index contributed by atoms with van der Waals surface area (Å²) in [7, 11) is 0. The number of hydrogen-bond acceptors (Lipinski definition) is 0. The molecule has 32 heavy (non-hydrogen) atoms. The van der Waals surface area contributed by atoms with E-state index in [1.165, 1.54) is 0 Å². The lowest BCUT2D eigenvalue weighted by atomic mass is 9.75. The zero-order valence-electron chi connectivity index (χ0n) is 22.6. The van der Waals surface area contributed by atoms with Crippen molar-refractivity contribution in [2.75, 3.05) is 0 Å². The highest BCUT2D eigenvalue weighted by molar-refractivity contribution is 5.47. The van der Waals surface area contributed by atoms with Crippen LogP contribution in [-0.2, 0) is 21.7 Å². The Bertz CT molecular complexity index is 902. The summed E-state index contributed by atoms with van der Waals surface area (Å²) < 4.78 is 31.9. The van der Waals surface area contributed by atoms with Gasteiger partial charge in [-0.2, -0.15) is 0 Å². The fraction of sp³-hybridized carbons (Fsp3) is 0.600. The summed E-state index contributed by atoms with van der Waals surface area (Å²) in [6.45, 7) is 27.0. The Morgan fingerprint density at radius 3 is 1.00 bits per heavy atom. The van der Waals surface area contributed by atoms with Gasteiger partial charge in [-0.15, -0.1) is 0 Å². The van der Waals surface area contributed by atoms with Crippen molar-refractivity contribution in [1.29, 1.82) is 0 Å². The lowest BCUT2D eigenvalue weighted by molar-refractivity contribution is 0.492. The number of rotatable bonds is 2. The Labute approximate surface area is 195 Å².